The summed E-state index contributed by atoms with van der Waals surface area (Å²) in [7, 11) is 2.06. The highest BCUT2D eigenvalue weighted by atomic mass is 16.6. The summed E-state index contributed by atoms with van der Waals surface area (Å²) in [6.07, 6.45) is 7.72. The molecule has 1 amide bonds. The lowest BCUT2D eigenvalue weighted by Gasteiger charge is -2.31. The molecular formula is C19H33N5O2. The summed E-state index contributed by atoms with van der Waals surface area (Å²) in [5, 5.41) is 8.93. The summed E-state index contributed by atoms with van der Waals surface area (Å²) in [6, 6.07) is 0. The van der Waals surface area contributed by atoms with E-state index >= 15 is 0 Å². The molecule has 0 spiro atoms. The van der Waals surface area contributed by atoms with Crippen molar-refractivity contribution in [1.82, 2.24) is 24.6 Å². The minimum Gasteiger partial charge on any atom is -0.449 e. The molecule has 1 unspecified atom stereocenters. The van der Waals surface area contributed by atoms with Gasteiger partial charge in [0.1, 0.15) is 11.6 Å². The van der Waals surface area contributed by atoms with E-state index in [1.807, 2.05) is 4.90 Å². The van der Waals surface area contributed by atoms with Crippen LogP contribution in [0.2, 0.25) is 0 Å². The zero-order valence-corrected chi connectivity index (χ0v) is 16.3. The molecule has 1 aromatic rings. The molecular weight excluding hydrogens is 330 g/mol. The van der Waals surface area contributed by atoms with Gasteiger partial charge in [-0.05, 0) is 45.2 Å². The Bertz CT molecular complexity index is 582. The van der Waals surface area contributed by atoms with E-state index in [4.69, 9.17) is 4.74 Å². The molecule has 2 fully saturated rings. The number of ether oxygens (including phenoxy) is 1. The predicted molar refractivity (Wildman–Crippen MR) is 99.9 cm³/mol. The van der Waals surface area contributed by atoms with Crippen LogP contribution in [-0.4, -0.2) is 63.4 Å². The average Bonchev–Trinajstić information content (AvgIpc) is 3.03. The molecule has 26 heavy (non-hydrogen) atoms. The normalized spacial score (nSPS) is 21.8. The third kappa shape index (κ3) is 4.75. The molecule has 1 aromatic heterocycles. The largest absolute Gasteiger partial charge is 0.449 e. The summed E-state index contributed by atoms with van der Waals surface area (Å²) in [5.74, 6) is 2.28. The molecule has 1 atom stereocenters. The number of nitrogens with zero attached hydrogens (tertiary/aromatic N) is 5. The number of hydrogen-bond donors (Lipinski definition) is 0. The number of amides is 1. The van der Waals surface area contributed by atoms with Gasteiger partial charge in [-0.1, -0.05) is 19.8 Å². The van der Waals surface area contributed by atoms with Crippen LogP contribution >= 0.6 is 0 Å². The highest BCUT2D eigenvalue weighted by Gasteiger charge is 2.29. The number of carbonyl (C=O) groups is 1. The van der Waals surface area contributed by atoms with Crippen molar-refractivity contribution in [2.75, 3.05) is 32.8 Å². The summed E-state index contributed by atoms with van der Waals surface area (Å²) >= 11 is 0. The molecule has 0 N–H and O–H groups in total. The smallest absolute Gasteiger partial charge is 0.409 e. The van der Waals surface area contributed by atoms with Crippen LogP contribution in [0.25, 0.3) is 0 Å². The van der Waals surface area contributed by atoms with Crippen LogP contribution in [0.5, 0.6) is 0 Å². The van der Waals surface area contributed by atoms with Crippen LogP contribution in [-0.2, 0) is 18.3 Å². The van der Waals surface area contributed by atoms with Gasteiger partial charge in [0.25, 0.3) is 0 Å². The fourth-order valence-electron chi connectivity index (χ4n) is 3.93. The van der Waals surface area contributed by atoms with E-state index in [-0.39, 0.29) is 12.0 Å². The quantitative estimate of drug-likeness (QED) is 0.727. The molecule has 0 bridgehead atoms. The Kier molecular flexibility index (Phi) is 6.88. The van der Waals surface area contributed by atoms with Crippen molar-refractivity contribution in [2.24, 2.45) is 7.05 Å². The Labute approximate surface area is 156 Å². The molecule has 2 saturated heterocycles. The lowest BCUT2D eigenvalue weighted by Crippen LogP contribution is -2.40. The van der Waals surface area contributed by atoms with Gasteiger partial charge >= 0.3 is 6.09 Å². The number of rotatable bonds is 6. The number of likely N-dealkylation sites (tertiary alicyclic amines) is 2. The number of aromatic nitrogens is 3. The van der Waals surface area contributed by atoms with Gasteiger partial charge in [-0.3, -0.25) is 4.90 Å². The van der Waals surface area contributed by atoms with E-state index in [1.165, 1.54) is 19.3 Å². The van der Waals surface area contributed by atoms with E-state index in [0.717, 1.165) is 63.5 Å². The van der Waals surface area contributed by atoms with Crippen LogP contribution in [0, 0.1) is 0 Å². The monoisotopic (exact) mass is 363 g/mol. The van der Waals surface area contributed by atoms with Gasteiger partial charge in [-0.2, -0.15) is 0 Å². The first-order valence-electron chi connectivity index (χ1n) is 10.2. The van der Waals surface area contributed by atoms with Crippen LogP contribution in [0.15, 0.2) is 0 Å². The minimum absolute atomic E-state index is 0.182. The van der Waals surface area contributed by atoms with Crippen molar-refractivity contribution in [1.29, 1.82) is 0 Å². The number of carbonyl (C=O) groups excluding carboxylic acids is 1. The van der Waals surface area contributed by atoms with Crippen LogP contribution in [0.1, 0.15) is 69.4 Å². The second-order valence-electron chi connectivity index (χ2n) is 7.62. The van der Waals surface area contributed by atoms with Crippen molar-refractivity contribution >= 4 is 6.09 Å². The van der Waals surface area contributed by atoms with Crippen molar-refractivity contribution in [2.45, 2.75) is 64.3 Å². The number of unbranched alkanes of at least 4 members (excludes halogenated alkanes) is 1. The zero-order chi connectivity index (χ0) is 18.4. The van der Waals surface area contributed by atoms with Gasteiger partial charge < -0.3 is 14.2 Å². The maximum atomic E-state index is 12.3. The van der Waals surface area contributed by atoms with E-state index in [2.05, 4.69) is 33.6 Å². The first-order chi connectivity index (χ1) is 12.7. The predicted octanol–water partition coefficient (Wildman–Crippen LogP) is 2.92. The molecule has 3 heterocycles. The summed E-state index contributed by atoms with van der Waals surface area (Å²) in [4.78, 5) is 16.6. The topological polar surface area (TPSA) is 63.5 Å². The van der Waals surface area contributed by atoms with Crippen molar-refractivity contribution in [3.05, 3.63) is 11.6 Å². The maximum absolute atomic E-state index is 12.3. The molecule has 7 heteroatoms. The highest BCUT2D eigenvalue weighted by Crippen LogP contribution is 2.26. The fourth-order valence-corrected chi connectivity index (χ4v) is 3.93. The zero-order valence-electron chi connectivity index (χ0n) is 16.3. The fraction of sp³-hybridized carbons (Fsp3) is 0.842. The Balaban J connectivity index is 1.58. The van der Waals surface area contributed by atoms with Gasteiger partial charge in [-0.15, -0.1) is 10.2 Å². The van der Waals surface area contributed by atoms with Gasteiger partial charge in [0.15, 0.2) is 0 Å². The maximum Gasteiger partial charge on any atom is 0.409 e. The minimum atomic E-state index is -0.182. The van der Waals surface area contributed by atoms with E-state index in [9.17, 15) is 4.79 Å². The second kappa shape index (κ2) is 9.35. The van der Waals surface area contributed by atoms with Crippen LogP contribution in [0.3, 0.4) is 0 Å². The SMILES string of the molecule is CCCCOC(=O)N1CCCC(c2nnc(CN3CCCCC3)n2C)C1. The lowest BCUT2D eigenvalue weighted by molar-refractivity contribution is 0.0896. The Hall–Kier alpha value is -1.63. The second-order valence-corrected chi connectivity index (χ2v) is 7.62. The van der Waals surface area contributed by atoms with E-state index in [1.54, 1.807) is 0 Å². The molecule has 7 nitrogen and oxygen atoms in total. The van der Waals surface area contributed by atoms with Crippen LogP contribution < -0.4 is 0 Å². The molecule has 0 saturated carbocycles. The number of piperidine rings is 2. The Morgan fingerprint density at radius 3 is 2.73 bits per heavy atom. The Morgan fingerprint density at radius 1 is 1.15 bits per heavy atom. The number of hydrogen-bond acceptors (Lipinski definition) is 5. The molecule has 0 radical (unpaired) electrons. The van der Waals surface area contributed by atoms with Gasteiger partial charge in [0.2, 0.25) is 0 Å². The van der Waals surface area contributed by atoms with Gasteiger partial charge in [0, 0.05) is 26.1 Å². The summed E-state index contributed by atoms with van der Waals surface area (Å²) in [5.41, 5.74) is 0. The average molecular weight is 364 g/mol. The van der Waals surface area contributed by atoms with E-state index < -0.39 is 0 Å². The van der Waals surface area contributed by atoms with E-state index in [0.29, 0.717) is 13.2 Å². The molecule has 3 rings (SSSR count). The first-order valence-corrected chi connectivity index (χ1v) is 10.2. The van der Waals surface area contributed by atoms with Gasteiger partial charge in [-0.25, -0.2) is 4.79 Å². The third-order valence-corrected chi connectivity index (χ3v) is 5.58. The summed E-state index contributed by atoms with van der Waals surface area (Å²) in [6.45, 7) is 7.26. The standard InChI is InChI=1S/C19H33N5O2/c1-3-4-13-26-19(25)24-12-8-9-16(14-24)18-21-20-17(22(18)2)15-23-10-6-5-7-11-23/h16H,3-15H2,1-2H3. The van der Waals surface area contributed by atoms with Crippen molar-refractivity contribution in [3.63, 3.8) is 0 Å². The first kappa shape index (κ1) is 19.1. The summed E-state index contributed by atoms with van der Waals surface area (Å²) < 4.78 is 7.52. The van der Waals surface area contributed by atoms with Crippen molar-refractivity contribution in [3.8, 4) is 0 Å². The molecule has 0 aliphatic carbocycles. The van der Waals surface area contributed by atoms with Gasteiger partial charge in [0.05, 0.1) is 13.2 Å². The Morgan fingerprint density at radius 2 is 1.96 bits per heavy atom. The lowest BCUT2D eigenvalue weighted by atomic mass is 9.97. The van der Waals surface area contributed by atoms with Crippen LogP contribution in [0.4, 0.5) is 4.79 Å². The van der Waals surface area contributed by atoms with Crippen molar-refractivity contribution < 1.29 is 9.53 Å². The molecule has 2 aliphatic rings. The highest BCUT2D eigenvalue weighted by molar-refractivity contribution is 5.67. The molecule has 146 valence electrons. The molecule has 0 aromatic carbocycles. The molecule has 2 aliphatic heterocycles. The third-order valence-electron chi connectivity index (χ3n) is 5.58.